The molecule has 0 bridgehead atoms. The molecule has 0 radical (unpaired) electrons. The minimum absolute atomic E-state index is 0. The smallest absolute Gasteiger partial charge is 0.244 e. The van der Waals surface area contributed by atoms with Gasteiger partial charge >= 0.3 is 0 Å². The average molecular weight is 382 g/mol. The number of carbonyl (C=O) groups is 1. The Morgan fingerprint density at radius 1 is 1.07 bits per heavy atom. The molecule has 4 aromatic rings. The summed E-state index contributed by atoms with van der Waals surface area (Å²) in [4.78, 5) is 25.5. The van der Waals surface area contributed by atoms with Gasteiger partial charge in [0.15, 0.2) is 5.65 Å². The molecule has 1 aromatic carbocycles. The maximum atomic E-state index is 12.5. The molecule has 8 heteroatoms. The van der Waals surface area contributed by atoms with Crippen molar-refractivity contribution in [3.05, 3.63) is 72.1 Å². The monoisotopic (exact) mass is 381 g/mol. The van der Waals surface area contributed by atoms with Crippen LogP contribution in [-0.4, -0.2) is 30.9 Å². The van der Waals surface area contributed by atoms with Gasteiger partial charge < -0.3 is 10.8 Å². The fraction of sp³-hybridized carbons (Fsp3) is 0.0526. The molecule has 0 aliphatic rings. The molecule has 0 saturated heterocycles. The molecule has 0 spiro atoms. The minimum atomic E-state index is -0.182. The minimum Gasteiger partial charge on any atom is -0.412 e. The van der Waals surface area contributed by atoms with E-state index in [-0.39, 0.29) is 17.9 Å². The van der Waals surface area contributed by atoms with Crippen molar-refractivity contribution >= 4 is 34.4 Å². The Bertz CT molecular complexity index is 1060. The van der Waals surface area contributed by atoms with Crippen LogP contribution in [0.2, 0.25) is 5.02 Å². The lowest BCUT2D eigenvalue weighted by molar-refractivity contribution is -0.116. The Morgan fingerprint density at radius 2 is 1.85 bits per heavy atom. The van der Waals surface area contributed by atoms with Crippen molar-refractivity contribution in [1.82, 2.24) is 19.5 Å². The Kier molecular flexibility index (Phi) is 5.44. The molecular weight excluding hydrogens is 366 g/mol. The van der Waals surface area contributed by atoms with Gasteiger partial charge in [-0.25, -0.2) is 9.97 Å². The molecule has 4 rings (SSSR count). The summed E-state index contributed by atoms with van der Waals surface area (Å²) in [7, 11) is 0. The molecule has 7 nitrogen and oxygen atoms in total. The summed E-state index contributed by atoms with van der Waals surface area (Å²) < 4.78 is 1.80. The molecule has 0 saturated carbocycles. The van der Waals surface area contributed by atoms with E-state index in [1.165, 1.54) is 0 Å². The number of fused-ring (bicyclic) bond motifs is 1. The van der Waals surface area contributed by atoms with Crippen LogP contribution >= 0.6 is 11.6 Å². The number of benzene rings is 1. The lowest BCUT2D eigenvalue weighted by Gasteiger charge is -2.09. The Labute approximate surface area is 160 Å². The lowest BCUT2D eigenvalue weighted by atomic mass is 10.2. The number of nitrogens with zero attached hydrogens (tertiary/aromatic N) is 4. The largest absolute Gasteiger partial charge is 0.412 e. The maximum Gasteiger partial charge on any atom is 0.244 e. The number of nitrogens with one attached hydrogen (secondary N) is 1. The van der Waals surface area contributed by atoms with Crippen LogP contribution in [0.15, 0.2) is 67.1 Å². The van der Waals surface area contributed by atoms with E-state index in [0.29, 0.717) is 22.2 Å². The number of imidazole rings is 1. The maximum absolute atomic E-state index is 12.5. The van der Waals surface area contributed by atoms with Crippen LogP contribution in [0.1, 0.15) is 0 Å². The van der Waals surface area contributed by atoms with E-state index >= 15 is 0 Å². The molecule has 27 heavy (non-hydrogen) atoms. The van der Waals surface area contributed by atoms with Gasteiger partial charge in [0.1, 0.15) is 17.9 Å². The number of hydrogen-bond donors (Lipinski definition) is 1. The van der Waals surface area contributed by atoms with Gasteiger partial charge in [-0.3, -0.25) is 14.3 Å². The van der Waals surface area contributed by atoms with E-state index in [1.54, 1.807) is 47.4 Å². The van der Waals surface area contributed by atoms with Crippen LogP contribution in [0.4, 0.5) is 5.69 Å². The average Bonchev–Trinajstić information content (AvgIpc) is 3.02. The van der Waals surface area contributed by atoms with E-state index in [9.17, 15) is 4.79 Å². The summed E-state index contributed by atoms with van der Waals surface area (Å²) in [5.41, 5.74) is 2.88. The lowest BCUT2D eigenvalue weighted by Crippen LogP contribution is -2.19. The molecular formula is C19H16ClN5O2. The highest BCUT2D eigenvalue weighted by Gasteiger charge is 2.16. The van der Waals surface area contributed by atoms with E-state index in [1.807, 2.05) is 24.3 Å². The zero-order valence-corrected chi connectivity index (χ0v) is 14.9. The number of rotatable bonds is 4. The van der Waals surface area contributed by atoms with Crippen molar-refractivity contribution in [3.8, 4) is 11.4 Å². The van der Waals surface area contributed by atoms with Crippen molar-refractivity contribution in [2.24, 2.45) is 0 Å². The highest BCUT2D eigenvalue weighted by Crippen LogP contribution is 2.25. The van der Waals surface area contributed by atoms with Crippen molar-refractivity contribution in [2.75, 3.05) is 5.32 Å². The molecule has 1 amide bonds. The van der Waals surface area contributed by atoms with Gasteiger partial charge in [0.05, 0.1) is 11.9 Å². The standard InChI is InChI=1S/C19H14ClN5O.H2O/c20-14-7-5-13(6-8-14)18-24-16-4-2-10-22-19(16)25(18)12-17(26)23-15-3-1-9-21-11-15;/h1-11H,12H2,(H,23,26);1H2. The number of anilines is 1. The number of pyridine rings is 2. The molecule has 3 aromatic heterocycles. The van der Waals surface area contributed by atoms with Crippen LogP contribution in [0.3, 0.4) is 0 Å². The van der Waals surface area contributed by atoms with Crippen LogP contribution in [0, 0.1) is 0 Å². The Balaban J connectivity index is 0.00000210. The summed E-state index contributed by atoms with van der Waals surface area (Å²) in [5.74, 6) is 0.481. The van der Waals surface area contributed by atoms with E-state index in [4.69, 9.17) is 11.6 Å². The Morgan fingerprint density at radius 3 is 2.59 bits per heavy atom. The van der Waals surface area contributed by atoms with Gasteiger partial charge in [0.2, 0.25) is 5.91 Å². The predicted octanol–water partition coefficient (Wildman–Crippen LogP) is 2.96. The topological polar surface area (TPSA) is 104 Å². The molecule has 136 valence electrons. The number of halogens is 1. The zero-order chi connectivity index (χ0) is 17.9. The quantitative estimate of drug-likeness (QED) is 0.586. The Hall–Kier alpha value is -3.29. The summed E-state index contributed by atoms with van der Waals surface area (Å²) in [6.45, 7) is 0.0837. The van der Waals surface area contributed by atoms with Gasteiger partial charge in [-0.15, -0.1) is 0 Å². The van der Waals surface area contributed by atoms with Crippen molar-refractivity contribution in [2.45, 2.75) is 6.54 Å². The van der Waals surface area contributed by atoms with Gasteiger partial charge in [0.25, 0.3) is 0 Å². The first-order chi connectivity index (χ1) is 12.7. The van der Waals surface area contributed by atoms with Crippen LogP contribution < -0.4 is 5.32 Å². The third-order valence-electron chi connectivity index (χ3n) is 3.85. The van der Waals surface area contributed by atoms with Gasteiger partial charge in [-0.05, 0) is 48.5 Å². The molecule has 0 unspecified atom stereocenters. The second kappa shape index (κ2) is 7.94. The fourth-order valence-corrected chi connectivity index (χ4v) is 2.83. The van der Waals surface area contributed by atoms with Crippen LogP contribution in [-0.2, 0) is 11.3 Å². The normalized spacial score (nSPS) is 10.4. The van der Waals surface area contributed by atoms with Crippen molar-refractivity contribution in [1.29, 1.82) is 0 Å². The van der Waals surface area contributed by atoms with E-state index < -0.39 is 0 Å². The SMILES string of the molecule is O.O=C(Cn1c(-c2ccc(Cl)cc2)nc2cccnc21)Nc1cccnc1. The molecule has 3 heterocycles. The summed E-state index contributed by atoms with van der Waals surface area (Å²) in [6.07, 6.45) is 4.94. The summed E-state index contributed by atoms with van der Waals surface area (Å²) >= 11 is 5.98. The third-order valence-corrected chi connectivity index (χ3v) is 4.11. The number of hydrogen-bond acceptors (Lipinski definition) is 4. The van der Waals surface area contributed by atoms with E-state index in [0.717, 1.165) is 11.1 Å². The first-order valence-corrected chi connectivity index (χ1v) is 8.35. The molecule has 0 atom stereocenters. The highest BCUT2D eigenvalue weighted by molar-refractivity contribution is 6.30. The number of amides is 1. The van der Waals surface area contributed by atoms with Crippen molar-refractivity contribution in [3.63, 3.8) is 0 Å². The highest BCUT2D eigenvalue weighted by atomic mass is 35.5. The predicted molar refractivity (Wildman–Crippen MR) is 104 cm³/mol. The van der Waals surface area contributed by atoms with Crippen LogP contribution in [0.25, 0.3) is 22.6 Å². The van der Waals surface area contributed by atoms with E-state index in [2.05, 4.69) is 20.3 Å². The third kappa shape index (κ3) is 3.94. The fourth-order valence-electron chi connectivity index (χ4n) is 2.71. The molecule has 0 aliphatic carbocycles. The summed E-state index contributed by atoms with van der Waals surface area (Å²) in [6, 6.07) is 14.6. The molecule has 0 aliphatic heterocycles. The van der Waals surface area contributed by atoms with Crippen molar-refractivity contribution < 1.29 is 10.3 Å². The zero-order valence-electron chi connectivity index (χ0n) is 14.1. The van der Waals surface area contributed by atoms with Gasteiger partial charge in [0, 0.05) is 23.0 Å². The molecule has 3 N–H and O–H groups in total. The van der Waals surface area contributed by atoms with Gasteiger partial charge in [-0.2, -0.15) is 0 Å². The summed E-state index contributed by atoms with van der Waals surface area (Å²) in [5, 5.41) is 3.48. The number of carbonyl (C=O) groups excluding carboxylic acids is 1. The van der Waals surface area contributed by atoms with Gasteiger partial charge in [-0.1, -0.05) is 11.6 Å². The molecule has 0 fully saturated rings. The first-order valence-electron chi connectivity index (χ1n) is 7.98. The van der Waals surface area contributed by atoms with Crippen LogP contribution in [0.5, 0.6) is 0 Å². The second-order valence-corrected chi connectivity index (χ2v) is 6.10. The second-order valence-electron chi connectivity index (χ2n) is 5.66. The number of aromatic nitrogens is 4. The first kappa shape index (κ1) is 18.5.